The summed E-state index contributed by atoms with van der Waals surface area (Å²) in [5, 5.41) is 10.9. The Morgan fingerprint density at radius 3 is 2.82 bits per heavy atom. The summed E-state index contributed by atoms with van der Waals surface area (Å²) in [5.41, 5.74) is 1.66. The van der Waals surface area contributed by atoms with Gasteiger partial charge in [0.15, 0.2) is 5.82 Å². The van der Waals surface area contributed by atoms with Gasteiger partial charge in [0.25, 0.3) is 5.69 Å². The molecule has 1 aromatic carbocycles. The van der Waals surface area contributed by atoms with E-state index in [1.54, 1.807) is 18.3 Å². The van der Waals surface area contributed by atoms with E-state index >= 15 is 0 Å². The number of benzene rings is 1. The normalized spacial score (nSPS) is 14.9. The molecule has 0 amide bonds. The third kappa shape index (κ3) is 2.89. The van der Waals surface area contributed by atoms with Crippen molar-refractivity contribution in [3.63, 3.8) is 0 Å². The molecule has 0 N–H and O–H groups in total. The van der Waals surface area contributed by atoms with Crippen LogP contribution >= 0.6 is 0 Å². The molecule has 0 spiro atoms. The molecule has 7 nitrogen and oxygen atoms in total. The maximum Gasteiger partial charge on any atom is 0.270 e. The maximum atomic E-state index is 10.9. The van der Waals surface area contributed by atoms with Gasteiger partial charge >= 0.3 is 0 Å². The Labute approximate surface area is 127 Å². The standard InChI is InChI=1S/C15H16N4O3/c1-11-10-16-14(12-3-2-4-13(9-12)19(20)21)17-15(11)18-5-7-22-8-6-18/h2-4,9-10H,5-8H2,1H3. The Balaban J connectivity index is 1.97. The van der Waals surface area contributed by atoms with Gasteiger partial charge in [0, 0.05) is 42.5 Å². The molecule has 2 heterocycles. The lowest BCUT2D eigenvalue weighted by atomic mass is 10.2. The molecule has 1 aliphatic rings. The second kappa shape index (κ2) is 6.07. The van der Waals surface area contributed by atoms with Gasteiger partial charge in [-0.05, 0) is 6.92 Å². The molecule has 0 unspecified atom stereocenters. The third-order valence-corrected chi connectivity index (χ3v) is 3.57. The Morgan fingerprint density at radius 2 is 2.09 bits per heavy atom. The first-order chi connectivity index (χ1) is 10.6. The molecule has 0 radical (unpaired) electrons. The van der Waals surface area contributed by atoms with Gasteiger partial charge in [-0.1, -0.05) is 12.1 Å². The topological polar surface area (TPSA) is 81.4 Å². The molecule has 1 aromatic heterocycles. The van der Waals surface area contributed by atoms with Crippen LogP contribution in [0.2, 0.25) is 0 Å². The van der Waals surface area contributed by atoms with E-state index in [1.165, 1.54) is 12.1 Å². The van der Waals surface area contributed by atoms with Crippen molar-refractivity contribution in [2.24, 2.45) is 0 Å². The fourth-order valence-electron chi connectivity index (χ4n) is 2.43. The van der Waals surface area contributed by atoms with Crippen LogP contribution < -0.4 is 4.90 Å². The minimum absolute atomic E-state index is 0.0367. The highest BCUT2D eigenvalue weighted by Crippen LogP contribution is 2.25. The van der Waals surface area contributed by atoms with Crippen molar-refractivity contribution < 1.29 is 9.66 Å². The molecular formula is C15H16N4O3. The number of non-ortho nitro benzene ring substituents is 1. The molecule has 1 saturated heterocycles. The van der Waals surface area contributed by atoms with Crippen LogP contribution in [0.1, 0.15) is 5.56 Å². The number of rotatable bonds is 3. The Bertz CT molecular complexity index is 699. The molecule has 0 aliphatic carbocycles. The van der Waals surface area contributed by atoms with Crippen LogP contribution in [-0.4, -0.2) is 41.2 Å². The summed E-state index contributed by atoms with van der Waals surface area (Å²) in [5.74, 6) is 1.36. The zero-order valence-electron chi connectivity index (χ0n) is 12.2. The average molecular weight is 300 g/mol. The van der Waals surface area contributed by atoms with Gasteiger partial charge in [-0.2, -0.15) is 0 Å². The molecule has 0 bridgehead atoms. The average Bonchev–Trinajstić information content (AvgIpc) is 2.56. The predicted octanol–water partition coefficient (Wildman–Crippen LogP) is 2.20. The summed E-state index contributed by atoms with van der Waals surface area (Å²) >= 11 is 0. The second-order valence-corrected chi connectivity index (χ2v) is 5.11. The van der Waals surface area contributed by atoms with Crippen LogP contribution in [0.25, 0.3) is 11.4 Å². The molecular weight excluding hydrogens is 284 g/mol. The zero-order valence-corrected chi connectivity index (χ0v) is 12.2. The van der Waals surface area contributed by atoms with E-state index in [-0.39, 0.29) is 5.69 Å². The van der Waals surface area contributed by atoms with E-state index in [1.807, 2.05) is 6.92 Å². The first-order valence-electron chi connectivity index (χ1n) is 7.06. The summed E-state index contributed by atoms with van der Waals surface area (Å²) in [6.45, 7) is 4.88. The van der Waals surface area contributed by atoms with Crippen molar-refractivity contribution in [3.8, 4) is 11.4 Å². The van der Waals surface area contributed by atoms with E-state index in [4.69, 9.17) is 4.74 Å². The Kier molecular flexibility index (Phi) is 3.97. The van der Waals surface area contributed by atoms with Crippen LogP contribution in [0.3, 0.4) is 0 Å². The number of hydrogen-bond donors (Lipinski definition) is 0. The minimum atomic E-state index is -0.416. The van der Waals surface area contributed by atoms with E-state index in [0.29, 0.717) is 24.6 Å². The van der Waals surface area contributed by atoms with Gasteiger partial charge in [0.2, 0.25) is 0 Å². The highest BCUT2D eigenvalue weighted by Gasteiger charge is 2.17. The molecule has 0 atom stereocenters. The lowest BCUT2D eigenvalue weighted by Crippen LogP contribution is -2.37. The van der Waals surface area contributed by atoms with Crippen LogP contribution in [0, 0.1) is 17.0 Å². The number of nitro groups is 1. The zero-order chi connectivity index (χ0) is 15.5. The molecule has 3 rings (SSSR count). The van der Waals surface area contributed by atoms with E-state index < -0.39 is 4.92 Å². The van der Waals surface area contributed by atoms with Crippen molar-refractivity contribution in [1.82, 2.24) is 9.97 Å². The molecule has 114 valence electrons. The fraction of sp³-hybridized carbons (Fsp3) is 0.333. The number of aromatic nitrogens is 2. The number of anilines is 1. The van der Waals surface area contributed by atoms with Crippen LogP contribution in [0.5, 0.6) is 0 Å². The number of hydrogen-bond acceptors (Lipinski definition) is 6. The van der Waals surface area contributed by atoms with Crippen molar-refractivity contribution >= 4 is 11.5 Å². The highest BCUT2D eigenvalue weighted by atomic mass is 16.6. The monoisotopic (exact) mass is 300 g/mol. The number of nitrogens with zero attached hydrogens (tertiary/aromatic N) is 4. The van der Waals surface area contributed by atoms with Gasteiger partial charge in [0.1, 0.15) is 5.82 Å². The first-order valence-corrected chi connectivity index (χ1v) is 7.06. The third-order valence-electron chi connectivity index (χ3n) is 3.57. The van der Waals surface area contributed by atoms with Crippen molar-refractivity contribution in [2.45, 2.75) is 6.92 Å². The van der Waals surface area contributed by atoms with Crippen molar-refractivity contribution in [1.29, 1.82) is 0 Å². The number of aryl methyl sites for hydroxylation is 1. The smallest absolute Gasteiger partial charge is 0.270 e. The van der Waals surface area contributed by atoms with Crippen LogP contribution in [-0.2, 0) is 4.74 Å². The Morgan fingerprint density at radius 1 is 1.32 bits per heavy atom. The van der Waals surface area contributed by atoms with E-state index in [9.17, 15) is 10.1 Å². The summed E-state index contributed by atoms with van der Waals surface area (Å²) < 4.78 is 5.36. The Hall–Kier alpha value is -2.54. The summed E-state index contributed by atoms with van der Waals surface area (Å²) in [6.07, 6.45) is 1.76. The quantitative estimate of drug-likeness (QED) is 0.638. The summed E-state index contributed by atoms with van der Waals surface area (Å²) in [7, 11) is 0. The summed E-state index contributed by atoms with van der Waals surface area (Å²) in [4.78, 5) is 21.5. The minimum Gasteiger partial charge on any atom is -0.378 e. The van der Waals surface area contributed by atoms with Gasteiger partial charge < -0.3 is 9.64 Å². The maximum absolute atomic E-state index is 10.9. The largest absolute Gasteiger partial charge is 0.378 e. The van der Waals surface area contributed by atoms with Gasteiger partial charge in [-0.25, -0.2) is 9.97 Å². The number of morpholine rings is 1. The predicted molar refractivity (Wildman–Crippen MR) is 81.9 cm³/mol. The molecule has 1 fully saturated rings. The molecule has 22 heavy (non-hydrogen) atoms. The van der Waals surface area contributed by atoms with E-state index in [0.717, 1.165) is 24.5 Å². The van der Waals surface area contributed by atoms with Crippen LogP contribution in [0.15, 0.2) is 30.5 Å². The van der Waals surface area contributed by atoms with Gasteiger partial charge in [0.05, 0.1) is 18.1 Å². The fourth-order valence-corrected chi connectivity index (χ4v) is 2.43. The van der Waals surface area contributed by atoms with Gasteiger partial charge in [-0.3, -0.25) is 10.1 Å². The number of nitro benzene ring substituents is 1. The van der Waals surface area contributed by atoms with Crippen molar-refractivity contribution in [3.05, 3.63) is 46.1 Å². The van der Waals surface area contributed by atoms with E-state index in [2.05, 4.69) is 14.9 Å². The molecule has 2 aromatic rings. The van der Waals surface area contributed by atoms with Gasteiger partial charge in [-0.15, -0.1) is 0 Å². The lowest BCUT2D eigenvalue weighted by Gasteiger charge is -2.29. The molecule has 0 saturated carbocycles. The number of ether oxygens (including phenoxy) is 1. The first kappa shape index (κ1) is 14.4. The SMILES string of the molecule is Cc1cnc(-c2cccc([N+](=O)[O-])c2)nc1N1CCOCC1. The lowest BCUT2D eigenvalue weighted by molar-refractivity contribution is -0.384. The molecule has 1 aliphatic heterocycles. The highest BCUT2D eigenvalue weighted by molar-refractivity contribution is 5.62. The van der Waals surface area contributed by atoms with Crippen molar-refractivity contribution in [2.75, 3.05) is 31.2 Å². The second-order valence-electron chi connectivity index (χ2n) is 5.11. The molecule has 7 heteroatoms. The van der Waals surface area contributed by atoms with Crippen LogP contribution in [0.4, 0.5) is 11.5 Å². The summed E-state index contributed by atoms with van der Waals surface area (Å²) in [6, 6.07) is 6.38.